The lowest BCUT2D eigenvalue weighted by atomic mass is 10.0. The number of aromatic nitrogens is 3. The summed E-state index contributed by atoms with van der Waals surface area (Å²) in [6.07, 6.45) is 2.78. The Morgan fingerprint density at radius 3 is 2.83 bits per heavy atom. The number of carbonyl (C=O) groups is 1. The van der Waals surface area contributed by atoms with Crippen LogP contribution in [0.15, 0.2) is 6.20 Å². The van der Waals surface area contributed by atoms with Gasteiger partial charge in [0.15, 0.2) is 0 Å². The van der Waals surface area contributed by atoms with Gasteiger partial charge in [-0.15, -0.1) is 5.10 Å². The lowest BCUT2D eigenvalue weighted by Gasteiger charge is -2.42. The van der Waals surface area contributed by atoms with Crippen molar-refractivity contribution in [2.45, 2.75) is 32.1 Å². The number of likely N-dealkylation sites (N-methyl/N-ethyl adjacent to an activating group) is 1. The van der Waals surface area contributed by atoms with E-state index >= 15 is 0 Å². The molecule has 0 radical (unpaired) electrons. The second-order valence-corrected chi connectivity index (χ2v) is 6.93. The average molecular weight is 334 g/mol. The summed E-state index contributed by atoms with van der Waals surface area (Å²) in [7, 11) is 0. The number of carbonyl (C=O) groups excluding carboxylic acids is 1. The maximum Gasteiger partial charge on any atom is 0.236 e. The normalized spacial score (nSPS) is 28.5. The van der Waals surface area contributed by atoms with Gasteiger partial charge in [0, 0.05) is 39.3 Å². The zero-order chi connectivity index (χ0) is 16.5. The summed E-state index contributed by atoms with van der Waals surface area (Å²) in [6.45, 7) is 9.92. The third-order valence-electron chi connectivity index (χ3n) is 5.55. The van der Waals surface area contributed by atoms with Gasteiger partial charge in [-0.25, -0.2) is 4.68 Å². The maximum absolute atomic E-state index is 12.7. The van der Waals surface area contributed by atoms with Gasteiger partial charge in [0.05, 0.1) is 37.2 Å². The zero-order valence-electron chi connectivity index (χ0n) is 14.3. The topological polar surface area (TPSA) is 66.7 Å². The summed E-state index contributed by atoms with van der Waals surface area (Å²) in [5.41, 5.74) is 1.00. The Labute approximate surface area is 142 Å². The van der Waals surface area contributed by atoms with Gasteiger partial charge in [0.1, 0.15) is 0 Å². The number of nitrogens with zero attached hydrogens (tertiary/aromatic N) is 6. The first-order chi connectivity index (χ1) is 11.7. The van der Waals surface area contributed by atoms with Gasteiger partial charge in [-0.05, 0) is 13.0 Å². The Bertz CT molecular complexity index is 583. The van der Waals surface area contributed by atoms with Crippen LogP contribution in [-0.4, -0.2) is 94.1 Å². The number of likely N-dealkylation sites (tertiary alicyclic amines) is 1. The predicted molar refractivity (Wildman–Crippen MR) is 87.4 cm³/mol. The molecular formula is C16H26N6O2. The summed E-state index contributed by atoms with van der Waals surface area (Å²) in [5.74, 6) is 0.227. The van der Waals surface area contributed by atoms with Gasteiger partial charge in [-0.1, -0.05) is 12.1 Å². The molecule has 2 saturated heterocycles. The van der Waals surface area contributed by atoms with Gasteiger partial charge >= 0.3 is 0 Å². The molecule has 24 heavy (non-hydrogen) atoms. The standard InChI is InChI=1S/C16H26N6O2/c1-2-19-5-7-20(8-6-19)11-16(23)21-4-3-15-14(10-21)22-13(12-24-15)9-17-18-22/h9,14-15H,2-8,10-12H2,1H3/t14-,15+/m1/s1. The molecule has 8 nitrogen and oxygen atoms in total. The van der Waals surface area contributed by atoms with Crippen molar-refractivity contribution in [1.82, 2.24) is 29.7 Å². The highest BCUT2D eigenvalue weighted by Gasteiger charge is 2.38. The molecule has 3 aliphatic rings. The molecule has 0 saturated carbocycles. The summed E-state index contributed by atoms with van der Waals surface area (Å²) in [5, 5.41) is 8.19. The SMILES string of the molecule is CCN1CCN(CC(=O)N2CC[C@@H]3OCc4cnnn4[C@@H]3C2)CC1. The van der Waals surface area contributed by atoms with E-state index in [1.54, 1.807) is 6.20 Å². The van der Waals surface area contributed by atoms with Crippen molar-refractivity contribution in [3.05, 3.63) is 11.9 Å². The zero-order valence-corrected chi connectivity index (χ0v) is 14.3. The third kappa shape index (κ3) is 3.05. The number of hydrogen-bond donors (Lipinski definition) is 0. The molecular weight excluding hydrogens is 308 g/mol. The molecule has 132 valence electrons. The number of amides is 1. The van der Waals surface area contributed by atoms with Crippen molar-refractivity contribution in [1.29, 1.82) is 0 Å². The van der Waals surface area contributed by atoms with Crippen molar-refractivity contribution in [3.8, 4) is 0 Å². The van der Waals surface area contributed by atoms with Crippen LogP contribution in [0.4, 0.5) is 0 Å². The number of hydrogen-bond acceptors (Lipinski definition) is 6. The quantitative estimate of drug-likeness (QED) is 0.749. The largest absolute Gasteiger partial charge is 0.370 e. The molecule has 8 heteroatoms. The fraction of sp³-hybridized carbons (Fsp3) is 0.812. The first-order valence-corrected chi connectivity index (χ1v) is 8.97. The van der Waals surface area contributed by atoms with E-state index in [0.29, 0.717) is 19.7 Å². The number of piperidine rings is 1. The van der Waals surface area contributed by atoms with Gasteiger partial charge in [-0.3, -0.25) is 9.69 Å². The van der Waals surface area contributed by atoms with Crippen molar-refractivity contribution >= 4 is 5.91 Å². The van der Waals surface area contributed by atoms with Gasteiger partial charge < -0.3 is 14.5 Å². The monoisotopic (exact) mass is 334 g/mol. The van der Waals surface area contributed by atoms with Gasteiger partial charge in [0.2, 0.25) is 5.91 Å². The Morgan fingerprint density at radius 2 is 2.04 bits per heavy atom. The van der Waals surface area contributed by atoms with Gasteiger partial charge in [0.25, 0.3) is 0 Å². The van der Waals surface area contributed by atoms with Crippen molar-refractivity contribution in [2.24, 2.45) is 0 Å². The highest BCUT2D eigenvalue weighted by molar-refractivity contribution is 5.78. The second kappa shape index (κ2) is 6.78. The fourth-order valence-electron chi connectivity index (χ4n) is 3.96. The van der Waals surface area contributed by atoms with Crippen molar-refractivity contribution in [2.75, 3.05) is 52.4 Å². The third-order valence-corrected chi connectivity index (χ3v) is 5.55. The Morgan fingerprint density at radius 1 is 1.25 bits per heavy atom. The molecule has 0 N–H and O–H groups in total. The minimum Gasteiger partial charge on any atom is -0.370 e. The highest BCUT2D eigenvalue weighted by Crippen LogP contribution is 2.30. The molecule has 1 amide bonds. The summed E-state index contributed by atoms with van der Waals surface area (Å²) >= 11 is 0. The molecule has 4 heterocycles. The predicted octanol–water partition coefficient (Wildman–Crippen LogP) is -0.412. The van der Waals surface area contributed by atoms with Crippen LogP contribution >= 0.6 is 0 Å². The lowest BCUT2D eigenvalue weighted by molar-refractivity contribution is -0.139. The molecule has 0 bridgehead atoms. The number of fused-ring (bicyclic) bond motifs is 3. The molecule has 0 aliphatic carbocycles. The molecule has 0 unspecified atom stereocenters. The molecule has 1 aromatic rings. The fourth-order valence-corrected chi connectivity index (χ4v) is 3.96. The summed E-state index contributed by atoms with van der Waals surface area (Å²) < 4.78 is 7.87. The van der Waals surface area contributed by atoms with E-state index in [2.05, 4.69) is 27.0 Å². The van der Waals surface area contributed by atoms with Crippen LogP contribution < -0.4 is 0 Å². The van der Waals surface area contributed by atoms with E-state index in [4.69, 9.17) is 4.74 Å². The first kappa shape index (κ1) is 16.0. The van der Waals surface area contributed by atoms with E-state index in [1.807, 2.05) is 9.58 Å². The summed E-state index contributed by atoms with van der Waals surface area (Å²) in [6, 6.07) is 0.103. The Kier molecular flexibility index (Phi) is 4.51. The van der Waals surface area contributed by atoms with E-state index < -0.39 is 0 Å². The molecule has 0 aromatic carbocycles. The minimum atomic E-state index is 0.103. The Balaban J connectivity index is 1.35. The molecule has 0 spiro atoms. The maximum atomic E-state index is 12.7. The first-order valence-electron chi connectivity index (χ1n) is 8.97. The Hall–Kier alpha value is -1.51. The van der Waals surface area contributed by atoms with Gasteiger partial charge in [-0.2, -0.15) is 0 Å². The average Bonchev–Trinajstić information content (AvgIpc) is 3.11. The van der Waals surface area contributed by atoms with Crippen LogP contribution in [0.2, 0.25) is 0 Å². The molecule has 1 aromatic heterocycles. The molecule has 2 atom stereocenters. The van der Waals surface area contributed by atoms with Crippen molar-refractivity contribution < 1.29 is 9.53 Å². The minimum absolute atomic E-state index is 0.103. The van der Waals surface area contributed by atoms with E-state index in [-0.39, 0.29) is 18.1 Å². The lowest BCUT2D eigenvalue weighted by Crippen LogP contribution is -2.54. The van der Waals surface area contributed by atoms with Crippen LogP contribution in [-0.2, 0) is 16.1 Å². The number of rotatable bonds is 3. The van der Waals surface area contributed by atoms with Crippen LogP contribution in [0.3, 0.4) is 0 Å². The van der Waals surface area contributed by atoms with E-state index in [0.717, 1.165) is 51.4 Å². The summed E-state index contributed by atoms with van der Waals surface area (Å²) in [4.78, 5) is 19.4. The molecule has 4 rings (SSSR count). The van der Waals surface area contributed by atoms with Crippen molar-refractivity contribution in [3.63, 3.8) is 0 Å². The second-order valence-electron chi connectivity index (χ2n) is 6.93. The number of piperazine rings is 1. The molecule has 3 aliphatic heterocycles. The van der Waals surface area contributed by atoms with E-state index in [9.17, 15) is 4.79 Å². The molecule has 2 fully saturated rings. The highest BCUT2D eigenvalue weighted by atomic mass is 16.5. The number of ether oxygens (including phenoxy) is 1. The van der Waals surface area contributed by atoms with E-state index in [1.165, 1.54) is 0 Å². The smallest absolute Gasteiger partial charge is 0.236 e. The van der Waals surface area contributed by atoms with Crippen LogP contribution in [0, 0.1) is 0 Å². The van der Waals surface area contributed by atoms with Crippen LogP contribution in [0.25, 0.3) is 0 Å². The van der Waals surface area contributed by atoms with Crippen LogP contribution in [0.5, 0.6) is 0 Å². The van der Waals surface area contributed by atoms with Crippen LogP contribution in [0.1, 0.15) is 25.1 Å².